The molecule has 268 valence electrons. The van der Waals surface area contributed by atoms with Crippen LogP contribution >= 0.6 is 25.3 Å². The largest absolute Gasteiger partial charge is 0.480 e. The quantitative estimate of drug-likeness (QED) is 0.0231. The van der Waals surface area contributed by atoms with Gasteiger partial charge in [0.2, 0.25) is 29.5 Å². The normalized spacial score (nSPS) is 13.8. The van der Waals surface area contributed by atoms with Gasteiger partial charge in [0.05, 0.1) is 12.6 Å². The maximum Gasteiger partial charge on any atom is 0.327 e. The van der Waals surface area contributed by atoms with Crippen molar-refractivity contribution in [1.82, 2.24) is 26.6 Å². The molecule has 14 N–H and O–H groups in total. The van der Waals surface area contributed by atoms with E-state index < -0.39 is 72.3 Å². The second kappa shape index (κ2) is 23.3. The zero-order valence-electron chi connectivity index (χ0n) is 26.6. The molecule has 0 bridgehead atoms. The first-order valence-electron chi connectivity index (χ1n) is 15.3. The monoisotopic (exact) mass is 712 g/mol. The molecule has 17 nitrogen and oxygen atoms in total. The van der Waals surface area contributed by atoms with Crippen LogP contribution in [-0.4, -0.2) is 108 Å². The Morgan fingerprint density at radius 2 is 1.33 bits per heavy atom. The molecule has 0 radical (unpaired) electrons. The summed E-state index contributed by atoms with van der Waals surface area (Å²) in [5.41, 5.74) is 22.9. The Balaban J connectivity index is 3.23. The molecule has 0 spiro atoms. The van der Waals surface area contributed by atoms with Crippen LogP contribution in [0.15, 0.2) is 35.3 Å². The molecule has 5 amide bonds. The number of carboxylic acid groups (broad SMARTS) is 1. The molecule has 19 heteroatoms. The molecule has 5 atom stereocenters. The maximum atomic E-state index is 13.7. The number of aliphatic imine (C=N–C) groups is 1. The van der Waals surface area contributed by atoms with Gasteiger partial charge in [-0.25, -0.2) is 4.79 Å². The van der Waals surface area contributed by atoms with Gasteiger partial charge in [0.25, 0.3) is 0 Å². The average Bonchev–Trinajstić information content (AvgIpc) is 3.06. The number of hydrogen-bond donors (Lipinski definition) is 12. The van der Waals surface area contributed by atoms with E-state index in [1.54, 1.807) is 30.3 Å². The van der Waals surface area contributed by atoms with E-state index >= 15 is 0 Å². The van der Waals surface area contributed by atoms with Crippen molar-refractivity contribution in [2.45, 2.75) is 68.7 Å². The zero-order chi connectivity index (χ0) is 36.1. The Kier molecular flexibility index (Phi) is 20.4. The van der Waals surface area contributed by atoms with Gasteiger partial charge in [-0.15, -0.1) is 0 Å². The molecule has 0 aliphatic heterocycles. The Labute approximate surface area is 290 Å². The molecule has 1 aromatic carbocycles. The lowest BCUT2D eigenvalue weighted by Gasteiger charge is -2.26. The Morgan fingerprint density at radius 1 is 0.750 bits per heavy atom. The number of nitrogens with zero attached hydrogens (tertiary/aromatic N) is 1. The number of nitrogens with two attached hydrogens (primary N) is 4. The van der Waals surface area contributed by atoms with Gasteiger partial charge in [0.15, 0.2) is 5.96 Å². The highest BCUT2D eigenvalue weighted by atomic mass is 32.1. The van der Waals surface area contributed by atoms with E-state index in [1.165, 1.54) is 0 Å². The van der Waals surface area contributed by atoms with Crippen LogP contribution in [0.5, 0.6) is 0 Å². The fourth-order valence-electron chi connectivity index (χ4n) is 4.22. The molecule has 0 unspecified atom stereocenters. The Morgan fingerprint density at radius 3 is 1.92 bits per heavy atom. The molecule has 1 rings (SSSR count). The van der Waals surface area contributed by atoms with Crippen LogP contribution in [-0.2, 0) is 35.2 Å². The molecule has 0 heterocycles. The number of thiol groups is 2. The number of amides is 5. The highest BCUT2D eigenvalue weighted by Crippen LogP contribution is 2.08. The van der Waals surface area contributed by atoms with Gasteiger partial charge in [0.1, 0.15) is 24.2 Å². The summed E-state index contributed by atoms with van der Waals surface area (Å²) in [6.07, 6.45) is 1.64. The van der Waals surface area contributed by atoms with Crippen LogP contribution in [0, 0.1) is 0 Å². The Bertz CT molecular complexity index is 1240. The topological polar surface area (TPSA) is 299 Å². The summed E-state index contributed by atoms with van der Waals surface area (Å²) >= 11 is 7.93. The molecule has 0 aromatic heterocycles. The predicted octanol–water partition coefficient (Wildman–Crippen LogP) is -3.26. The highest BCUT2D eigenvalue weighted by Gasteiger charge is 2.30. The molecule has 0 aliphatic carbocycles. The van der Waals surface area contributed by atoms with Crippen LogP contribution in [0.3, 0.4) is 0 Å². The van der Waals surface area contributed by atoms with Crippen LogP contribution < -0.4 is 49.5 Å². The predicted molar refractivity (Wildman–Crippen MR) is 187 cm³/mol. The number of carbonyl (C=O) groups is 6. The molecule has 0 fully saturated rings. The fraction of sp³-hybridized carbons (Fsp3) is 0.552. The summed E-state index contributed by atoms with van der Waals surface area (Å²) < 4.78 is 0. The summed E-state index contributed by atoms with van der Waals surface area (Å²) in [6.45, 7) is -0.0754. The lowest BCUT2D eigenvalue weighted by Crippen LogP contribution is -2.58. The zero-order valence-corrected chi connectivity index (χ0v) is 28.4. The summed E-state index contributed by atoms with van der Waals surface area (Å²) in [4.78, 5) is 80.3. The number of aliphatic carboxylic acids is 1. The highest BCUT2D eigenvalue weighted by molar-refractivity contribution is 7.80. The van der Waals surface area contributed by atoms with E-state index in [4.69, 9.17) is 28.0 Å². The maximum absolute atomic E-state index is 13.7. The van der Waals surface area contributed by atoms with Gasteiger partial charge in [-0.05, 0) is 44.2 Å². The number of nitrogens with one attached hydrogen (secondary N) is 5. The minimum absolute atomic E-state index is 0.0308. The van der Waals surface area contributed by atoms with Crippen LogP contribution in [0.25, 0.3) is 0 Å². The summed E-state index contributed by atoms with van der Waals surface area (Å²) in [5, 5.41) is 21.7. The number of rotatable bonds is 23. The minimum Gasteiger partial charge on any atom is -0.480 e. The number of carboxylic acids is 1. The number of hydrogen-bond acceptors (Lipinski definition) is 11. The second-order valence-corrected chi connectivity index (χ2v) is 11.5. The van der Waals surface area contributed by atoms with Crippen molar-refractivity contribution in [3.63, 3.8) is 0 Å². The molecule has 1 aromatic rings. The van der Waals surface area contributed by atoms with Gasteiger partial charge < -0.3 is 54.6 Å². The van der Waals surface area contributed by atoms with Crippen LogP contribution in [0.2, 0.25) is 0 Å². The van der Waals surface area contributed by atoms with Gasteiger partial charge in [-0.2, -0.15) is 25.3 Å². The van der Waals surface area contributed by atoms with Crippen molar-refractivity contribution in [1.29, 1.82) is 0 Å². The first-order valence-corrected chi connectivity index (χ1v) is 16.6. The number of guanidine groups is 1. The minimum atomic E-state index is -1.30. The van der Waals surface area contributed by atoms with Crippen molar-refractivity contribution < 1.29 is 33.9 Å². The van der Waals surface area contributed by atoms with Gasteiger partial charge >= 0.3 is 5.97 Å². The third-order valence-corrected chi connectivity index (χ3v) is 7.60. The Hall–Kier alpha value is -4.07. The third-order valence-electron chi connectivity index (χ3n) is 6.85. The summed E-state index contributed by atoms with van der Waals surface area (Å²) in [7, 11) is 0. The van der Waals surface area contributed by atoms with E-state index in [1.807, 2.05) is 0 Å². The first kappa shape index (κ1) is 42.0. The van der Waals surface area contributed by atoms with Gasteiger partial charge in [-0.3, -0.25) is 29.0 Å². The number of benzene rings is 1. The average molecular weight is 713 g/mol. The van der Waals surface area contributed by atoms with Gasteiger partial charge in [-0.1, -0.05) is 30.3 Å². The van der Waals surface area contributed by atoms with Crippen molar-refractivity contribution in [2.75, 3.05) is 31.1 Å². The van der Waals surface area contributed by atoms with E-state index in [0.29, 0.717) is 24.9 Å². The third kappa shape index (κ3) is 16.7. The van der Waals surface area contributed by atoms with E-state index in [0.717, 1.165) is 0 Å². The standard InChI is InChI=1S/C29H48N10O7S2/c30-11-5-4-9-20(37-24(41)18(31)15-47)26(43)39-21(13-17-7-2-1-3-8-17)27(44)38-19(10-6-12-34-29(32)33)25(42)35-14-23(40)36-22(16-48)28(45)46/h1-3,7-8,18-22,47-48H,4-6,9-16,30-31H2,(H,35,42)(H,36,40)(H,37,41)(H,38,44)(H,39,43)(H,45,46)(H4,32,33,34)/t18-,19-,20-,21-,22-/m0/s1. The van der Waals surface area contributed by atoms with Crippen molar-refractivity contribution >= 4 is 66.7 Å². The smallest absolute Gasteiger partial charge is 0.327 e. The SMILES string of the molecule is NCCCC[C@H](NC(=O)[C@@H](N)CS)C(=O)N[C@@H](Cc1ccccc1)C(=O)N[C@@H](CCCN=C(N)N)C(=O)NCC(=O)N[C@@H](CS)C(=O)O. The first-order chi connectivity index (χ1) is 22.8. The lowest BCUT2D eigenvalue weighted by atomic mass is 10.0. The molecular weight excluding hydrogens is 665 g/mol. The molecule has 48 heavy (non-hydrogen) atoms. The molecule has 0 saturated heterocycles. The lowest BCUT2D eigenvalue weighted by molar-refractivity contribution is -0.141. The summed E-state index contributed by atoms with van der Waals surface area (Å²) in [5.74, 6) is -5.09. The van der Waals surface area contributed by atoms with E-state index in [-0.39, 0.29) is 49.7 Å². The molecular formula is C29H48N10O7S2. The number of carbonyl (C=O) groups excluding carboxylic acids is 5. The fourth-order valence-corrected chi connectivity index (χ4v) is 4.63. The second-order valence-electron chi connectivity index (χ2n) is 10.8. The van der Waals surface area contributed by atoms with Crippen LogP contribution in [0.1, 0.15) is 37.7 Å². The molecule has 0 saturated carbocycles. The van der Waals surface area contributed by atoms with Crippen molar-refractivity contribution in [3.05, 3.63) is 35.9 Å². The van der Waals surface area contributed by atoms with Gasteiger partial charge in [0, 0.05) is 24.5 Å². The van der Waals surface area contributed by atoms with E-state index in [2.05, 4.69) is 56.8 Å². The molecule has 0 aliphatic rings. The number of unbranched alkanes of at least 4 members (excludes halogenated alkanes) is 1. The van der Waals surface area contributed by atoms with Crippen molar-refractivity contribution in [2.24, 2.45) is 27.9 Å². The van der Waals surface area contributed by atoms with E-state index in [9.17, 15) is 28.8 Å². The van der Waals surface area contributed by atoms with Crippen LogP contribution in [0.4, 0.5) is 0 Å². The van der Waals surface area contributed by atoms with Crippen molar-refractivity contribution in [3.8, 4) is 0 Å². The summed E-state index contributed by atoms with van der Waals surface area (Å²) in [6, 6.07) is 3.14.